The molecule has 4 aromatic rings. The molecule has 210 valence electrons. The van der Waals surface area contributed by atoms with Gasteiger partial charge >= 0.3 is 0 Å². The standard InChI is InChI=1S/C32H26N4O6/c1-20-4-27(16-37)31(39-18-25-6-23(10-33)12-35-14-25)8-29(20)41-22(3)42-30-9-32(28(17-38)5-21(30)2)40-19-26-7-24(11-34)13-36-15-26/h4-9,12-17,22H,18-19H2,1-3H3. The van der Waals surface area contributed by atoms with E-state index in [1.165, 1.54) is 12.4 Å². The van der Waals surface area contributed by atoms with Crippen molar-refractivity contribution in [3.8, 4) is 35.1 Å². The number of aromatic nitrogens is 2. The second kappa shape index (κ2) is 13.6. The van der Waals surface area contributed by atoms with Crippen molar-refractivity contribution in [1.29, 1.82) is 10.5 Å². The summed E-state index contributed by atoms with van der Waals surface area (Å²) in [4.78, 5) is 31.5. The maximum atomic E-state index is 11.7. The number of pyridine rings is 2. The van der Waals surface area contributed by atoms with Crippen LogP contribution in [0.5, 0.6) is 23.0 Å². The molecule has 0 N–H and O–H groups in total. The Balaban J connectivity index is 1.49. The summed E-state index contributed by atoms with van der Waals surface area (Å²) >= 11 is 0. The molecule has 2 aromatic carbocycles. The molecule has 0 saturated heterocycles. The molecule has 0 spiro atoms. The van der Waals surface area contributed by atoms with Crippen molar-refractivity contribution >= 4 is 12.6 Å². The lowest BCUT2D eigenvalue weighted by Gasteiger charge is -2.21. The predicted molar refractivity (Wildman–Crippen MR) is 150 cm³/mol. The van der Waals surface area contributed by atoms with E-state index in [0.29, 0.717) is 80.1 Å². The molecule has 0 amide bonds. The Labute approximate surface area is 242 Å². The molecular weight excluding hydrogens is 536 g/mol. The minimum absolute atomic E-state index is 0.0971. The van der Waals surface area contributed by atoms with E-state index in [0.717, 1.165) is 0 Å². The average Bonchev–Trinajstić information content (AvgIpc) is 3.01. The Morgan fingerprint density at radius 2 is 1.12 bits per heavy atom. The number of ether oxygens (including phenoxy) is 4. The first-order valence-electron chi connectivity index (χ1n) is 12.8. The fourth-order valence-corrected chi connectivity index (χ4v) is 4.03. The quantitative estimate of drug-likeness (QED) is 0.162. The van der Waals surface area contributed by atoms with E-state index in [4.69, 9.17) is 29.5 Å². The van der Waals surface area contributed by atoms with Crippen molar-refractivity contribution in [3.63, 3.8) is 0 Å². The van der Waals surface area contributed by atoms with E-state index in [9.17, 15) is 9.59 Å². The summed E-state index contributed by atoms with van der Waals surface area (Å²) in [5.41, 5.74) is 4.23. The molecule has 0 saturated carbocycles. The van der Waals surface area contributed by atoms with Crippen LogP contribution in [0, 0.1) is 36.5 Å². The van der Waals surface area contributed by atoms with E-state index in [1.54, 1.807) is 69.6 Å². The fourth-order valence-electron chi connectivity index (χ4n) is 4.03. The minimum atomic E-state index is -0.778. The Morgan fingerprint density at radius 3 is 1.50 bits per heavy atom. The van der Waals surface area contributed by atoms with Gasteiger partial charge in [-0.05, 0) is 49.2 Å². The molecule has 0 aliphatic heterocycles. The summed E-state index contributed by atoms with van der Waals surface area (Å²) in [6, 6.07) is 13.9. The molecule has 2 aromatic heterocycles. The van der Waals surface area contributed by atoms with Crippen molar-refractivity contribution in [2.75, 3.05) is 0 Å². The molecule has 0 radical (unpaired) electrons. The van der Waals surface area contributed by atoms with Gasteiger partial charge < -0.3 is 18.9 Å². The number of aldehydes is 2. The third-order valence-electron chi connectivity index (χ3n) is 6.09. The van der Waals surface area contributed by atoms with Crippen LogP contribution in [0.3, 0.4) is 0 Å². The Bertz CT molecular complexity index is 1580. The Hall–Kier alpha value is -5.74. The number of hydrogen-bond donors (Lipinski definition) is 0. The summed E-state index contributed by atoms with van der Waals surface area (Å²) in [5, 5.41) is 18.2. The molecular formula is C32H26N4O6. The maximum absolute atomic E-state index is 11.7. The first-order chi connectivity index (χ1) is 20.3. The van der Waals surface area contributed by atoms with Crippen molar-refractivity contribution < 1.29 is 28.5 Å². The molecule has 4 rings (SSSR count). The number of carbonyl (C=O) groups excluding carboxylic acids is 2. The van der Waals surface area contributed by atoms with E-state index in [2.05, 4.69) is 9.97 Å². The highest BCUT2D eigenvalue weighted by Crippen LogP contribution is 2.32. The normalized spacial score (nSPS) is 10.3. The van der Waals surface area contributed by atoms with Gasteiger partial charge in [0, 0.05) is 55.0 Å². The molecule has 10 nitrogen and oxygen atoms in total. The summed E-state index contributed by atoms with van der Waals surface area (Å²) in [6.07, 6.45) is 6.69. The lowest BCUT2D eigenvalue weighted by Crippen LogP contribution is -2.21. The second-order valence-corrected chi connectivity index (χ2v) is 9.31. The highest BCUT2D eigenvalue weighted by molar-refractivity contribution is 5.81. The lowest BCUT2D eigenvalue weighted by atomic mass is 10.1. The van der Waals surface area contributed by atoms with Crippen LogP contribution in [0.2, 0.25) is 0 Å². The van der Waals surface area contributed by atoms with Crippen LogP contribution in [0.1, 0.15) is 61.0 Å². The summed E-state index contributed by atoms with van der Waals surface area (Å²) in [6.45, 7) is 5.50. The lowest BCUT2D eigenvalue weighted by molar-refractivity contribution is 0.0208. The number of carbonyl (C=O) groups is 2. The van der Waals surface area contributed by atoms with Gasteiger partial charge in [0.15, 0.2) is 12.6 Å². The molecule has 42 heavy (non-hydrogen) atoms. The molecule has 0 atom stereocenters. The largest absolute Gasteiger partial charge is 0.488 e. The third kappa shape index (κ3) is 7.26. The van der Waals surface area contributed by atoms with Crippen molar-refractivity contribution in [2.45, 2.75) is 40.3 Å². The number of aryl methyl sites for hydroxylation is 2. The third-order valence-corrected chi connectivity index (χ3v) is 6.09. The molecule has 0 bridgehead atoms. The van der Waals surface area contributed by atoms with Gasteiger partial charge in [-0.2, -0.15) is 10.5 Å². The smallest absolute Gasteiger partial charge is 0.238 e. The Kier molecular flexibility index (Phi) is 9.44. The van der Waals surface area contributed by atoms with E-state index < -0.39 is 6.29 Å². The molecule has 10 heteroatoms. The molecule has 0 unspecified atom stereocenters. The highest BCUT2D eigenvalue weighted by atomic mass is 16.7. The van der Waals surface area contributed by atoms with E-state index in [-0.39, 0.29) is 13.2 Å². The van der Waals surface area contributed by atoms with Gasteiger partial charge in [0.2, 0.25) is 6.29 Å². The number of benzene rings is 2. The van der Waals surface area contributed by atoms with E-state index >= 15 is 0 Å². The number of hydrogen-bond acceptors (Lipinski definition) is 10. The SMILES string of the molecule is Cc1cc(C=O)c(OCc2cncc(C#N)c2)cc1OC(C)Oc1cc(OCc2cncc(C#N)c2)c(C=O)cc1C. The molecule has 2 heterocycles. The van der Waals surface area contributed by atoms with Gasteiger partial charge in [0.25, 0.3) is 0 Å². The van der Waals surface area contributed by atoms with Gasteiger partial charge in [0.05, 0.1) is 22.3 Å². The number of nitrogens with zero attached hydrogens (tertiary/aromatic N) is 4. The van der Waals surface area contributed by atoms with Crippen LogP contribution < -0.4 is 18.9 Å². The van der Waals surface area contributed by atoms with Gasteiger partial charge in [-0.15, -0.1) is 0 Å². The van der Waals surface area contributed by atoms with Crippen LogP contribution >= 0.6 is 0 Å². The summed E-state index contributed by atoms with van der Waals surface area (Å²) in [5.74, 6) is 1.49. The first kappa shape index (κ1) is 29.2. The van der Waals surface area contributed by atoms with Gasteiger partial charge in [-0.3, -0.25) is 19.6 Å². The molecule has 0 aliphatic rings. The zero-order chi connectivity index (χ0) is 30.1. The minimum Gasteiger partial charge on any atom is -0.488 e. The molecule has 0 aliphatic carbocycles. The highest BCUT2D eigenvalue weighted by Gasteiger charge is 2.16. The predicted octanol–water partition coefficient (Wildman–Crippen LogP) is 5.42. The van der Waals surface area contributed by atoms with E-state index in [1.807, 2.05) is 12.1 Å². The van der Waals surface area contributed by atoms with Crippen molar-refractivity contribution in [3.05, 3.63) is 106 Å². The first-order valence-corrected chi connectivity index (χ1v) is 12.8. The monoisotopic (exact) mass is 562 g/mol. The fraction of sp³-hybridized carbons (Fsp3) is 0.188. The van der Waals surface area contributed by atoms with Crippen LogP contribution in [0.15, 0.2) is 61.2 Å². The van der Waals surface area contributed by atoms with Crippen LogP contribution in [-0.2, 0) is 13.2 Å². The summed E-state index contributed by atoms with van der Waals surface area (Å²) in [7, 11) is 0. The molecule has 0 fully saturated rings. The maximum Gasteiger partial charge on any atom is 0.238 e. The Morgan fingerprint density at radius 1 is 0.690 bits per heavy atom. The van der Waals surface area contributed by atoms with Gasteiger partial charge in [0.1, 0.15) is 48.4 Å². The van der Waals surface area contributed by atoms with Crippen LogP contribution in [0.25, 0.3) is 0 Å². The second-order valence-electron chi connectivity index (χ2n) is 9.31. The average molecular weight is 563 g/mol. The van der Waals surface area contributed by atoms with Crippen LogP contribution in [0.4, 0.5) is 0 Å². The van der Waals surface area contributed by atoms with Crippen molar-refractivity contribution in [1.82, 2.24) is 9.97 Å². The van der Waals surface area contributed by atoms with Crippen molar-refractivity contribution in [2.24, 2.45) is 0 Å². The summed E-state index contributed by atoms with van der Waals surface area (Å²) < 4.78 is 23.9. The van der Waals surface area contributed by atoms with Crippen LogP contribution in [-0.4, -0.2) is 28.8 Å². The zero-order valence-electron chi connectivity index (χ0n) is 23.2. The van der Waals surface area contributed by atoms with Gasteiger partial charge in [-0.1, -0.05) is 0 Å². The number of rotatable bonds is 12. The number of nitriles is 2. The topological polar surface area (TPSA) is 144 Å². The van der Waals surface area contributed by atoms with Gasteiger partial charge in [-0.25, -0.2) is 0 Å². The zero-order valence-corrected chi connectivity index (χ0v) is 23.2.